The highest BCUT2D eigenvalue weighted by Crippen LogP contribution is 2.43. The maximum Gasteiger partial charge on any atom is 0.407 e. The minimum atomic E-state index is -0.854. The van der Waals surface area contributed by atoms with Gasteiger partial charge in [0.25, 0.3) is 0 Å². The zero-order chi connectivity index (χ0) is 22.2. The Balaban J connectivity index is 1.44. The van der Waals surface area contributed by atoms with Crippen LogP contribution in [0.15, 0.2) is 33.0 Å². The first-order valence-electron chi connectivity index (χ1n) is 10.2. The van der Waals surface area contributed by atoms with Crippen LogP contribution in [0.3, 0.4) is 0 Å². The second kappa shape index (κ2) is 8.66. The Morgan fingerprint density at radius 2 is 2.12 bits per heavy atom. The molecule has 10 nitrogen and oxygen atoms in total. The number of carboxylic acid groups (broad SMARTS) is 1. The van der Waals surface area contributed by atoms with Crippen LogP contribution < -0.4 is 15.2 Å². The lowest BCUT2D eigenvalue weighted by molar-refractivity contribution is 0.117. The molecule has 0 radical (unpaired) electrons. The van der Waals surface area contributed by atoms with Crippen molar-refractivity contribution in [3.63, 3.8) is 0 Å². The number of hydrogen-bond donors (Lipinski definition) is 2. The fourth-order valence-electron chi connectivity index (χ4n) is 4.07. The summed E-state index contributed by atoms with van der Waals surface area (Å²) in [7, 11) is 0. The zero-order valence-corrected chi connectivity index (χ0v) is 19.4. The number of nitrogens with zero attached hydrogens (tertiary/aromatic N) is 5. The summed E-state index contributed by atoms with van der Waals surface area (Å²) in [5.41, 5.74) is 7.30. The number of aromatic nitrogens is 4. The van der Waals surface area contributed by atoms with Gasteiger partial charge >= 0.3 is 6.09 Å². The molecule has 0 unspecified atom stereocenters. The first-order chi connectivity index (χ1) is 15.5. The van der Waals surface area contributed by atoms with Crippen LogP contribution in [0.1, 0.15) is 19.3 Å². The molecule has 32 heavy (non-hydrogen) atoms. The number of amides is 1. The number of benzene rings is 1. The summed E-state index contributed by atoms with van der Waals surface area (Å²) in [5.74, 6) is 2.00. The highest BCUT2D eigenvalue weighted by molar-refractivity contribution is 9.10. The Bertz CT molecular complexity index is 1190. The van der Waals surface area contributed by atoms with Gasteiger partial charge in [-0.05, 0) is 53.2 Å². The minimum Gasteiger partial charge on any atom is -0.465 e. The van der Waals surface area contributed by atoms with E-state index >= 15 is 0 Å². The molecule has 168 valence electrons. The van der Waals surface area contributed by atoms with Crippen LogP contribution in [0.4, 0.5) is 10.6 Å². The molecule has 1 aromatic carbocycles. The molecule has 0 aliphatic carbocycles. The van der Waals surface area contributed by atoms with Crippen LogP contribution in [0.2, 0.25) is 0 Å². The van der Waals surface area contributed by atoms with Crippen molar-refractivity contribution >= 4 is 50.8 Å². The van der Waals surface area contributed by atoms with Crippen molar-refractivity contribution in [2.24, 2.45) is 5.92 Å². The van der Waals surface area contributed by atoms with Crippen molar-refractivity contribution in [2.45, 2.75) is 35.9 Å². The predicted octanol–water partition coefficient (Wildman–Crippen LogP) is 3.83. The van der Waals surface area contributed by atoms with Gasteiger partial charge in [-0.2, -0.15) is 0 Å². The number of nitrogen functional groups attached to an aromatic ring is 1. The molecule has 12 heteroatoms. The maximum atomic E-state index is 11.4. The van der Waals surface area contributed by atoms with Gasteiger partial charge in [-0.3, -0.25) is 0 Å². The van der Waals surface area contributed by atoms with Crippen molar-refractivity contribution in [1.82, 2.24) is 24.4 Å². The van der Waals surface area contributed by atoms with Crippen LogP contribution in [0, 0.1) is 5.92 Å². The van der Waals surface area contributed by atoms with Gasteiger partial charge in [-0.1, -0.05) is 11.8 Å². The summed E-state index contributed by atoms with van der Waals surface area (Å²) in [5, 5.41) is 10.1. The quantitative estimate of drug-likeness (QED) is 0.515. The third-order valence-corrected chi connectivity index (χ3v) is 7.67. The van der Waals surface area contributed by atoms with Crippen molar-refractivity contribution in [3.05, 3.63) is 22.9 Å². The van der Waals surface area contributed by atoms with E-state index in [0.717, 1.165) is 33.8 Å². The number of carbonyl (C=O) groups is 1. The first kappa shape index (κ1) is 21.1. The van der Waals surface area contributed by atoms with Gasteiger partial charge in [0.2, 0.25) is 6.79 Å². The molecule has 2 aliphatic rings. The van der Waals surface area contributed by atoms with Crippen LogP contribution in [0.25, 0.3) is 11.2 Å². The van der Waals surface area contributed by atoms with Gasteiger partial charge in [-0.15, -0.1) is 0 Å². The molecule has 1 atom stereocenters. The van der Waals surface area contributed by atoms with Crippen molar-refractivity contribution < 1.29 is 19.4 Å². The number of rotatable bonds is 5. The highest BCUT2D eigenvalue weighted by Gasteiger charge is 2.25. The number of hydrogen-bond acceptors (Lipinski definition) is 8. The smallest absolute Gasteiger partial charge is 0.407 e. The number of nitrogens with two attached hydrogens (primary N) is 1. The average molecular weight is 521 g/mol. The molecule has 1 fully saturated rings. The second-order valence-corrected chi connectivity index (χ2v) is 9.60. The van der Waals surface area contributed by atoms with E-state index in [4.69, 9.17) is 20.2 Å². The van der Waals surface area contributed by atoms with Gasteiger partial charge < -0.3 is 29.8 Å². The van der Waals surface area contributed by atoms with Crippen LogP contribution in [-0.4, -0.2) is 55.5 Å². The third kappa shape index (κ3) is 4.04. The number of aryl methyl sites for hydroxylation is 1. The second-order valence-electron chi connectivity index (χ2n) is 7.74. The molecule has 3 aromatic rings. The first-order valence-corrected chi connectivity index (χ1v) is 11.8. The Morgan fingerprint density at radius 1 is 1.31 bits per heavy atom. The summed E-state index contributed by atoms with van der Waals surface area (Å²) in [6, 6.07) is 3.80. The van der Waals surface area contributed by atoms with Crippen LogP contribution in [-0.2, 0) is 6.54 Å². The predicted molar refractivity (Wildman–Crippen MR) is 121 cm³/mol. The Labute approximate surface area is 196 Å². The van der Waals surface area contributed by atoms with E-state index in [1.54, 1.807) is 0 Å². The minimum absolute atomic E-state index is 0.204. The lowest BCUT2D eigenvalue weighted by Gasteiger charge is -2.30. The zero-order valence-electron chi connectivity index (χ0n) is 17.0. The van der Waals surface area contributed by atoms with Gasteiger partial charge in [0.05, 0.1) is 0 Å². The summed E-state index contributed by atoms with van der Waals surface area (Å²) in [6.07, 6.45) is 3.28. The molecular weight excluding hydrogens is 500 g/mol. The molecule has 2 aromatic heterocycles. The lowest BCUT2D eigenvalue weighted by Crippen LogP contribution is -2.39. The number of ether oxygens (including phenoxy) is 2. The monoisotopic (exact) mass is 520 g/mol. The molecule has 0 bridgehead atoms. The summed E-state index contributed by atoms with van der Waals surface area (Å²) in [4.78, 5) is 27.0. The third-order valence-electron chi connectivity index (χ3n) is 5.70. The number of anilines is 1. The number of likely N-dealkylation sites (tertiary alicyclic amines) is 1. The SMILES string of the molecule is Nc1ncnc2c1nc(Sc1cc3c(cc1Br)OCO3)n2CC[C@@H]1CCCN(C(=O)O)C1. The van der Waals surface area contributed by atoms with E-state index in [-0.39, 0.29) is 12.7 Å². The number of piperidine rings is 1. The summed E-state index contributed by atoms with van der Waals surface area (Å²) in [6.45, 7) is 2.00. The number of halogens is 1. The molecule has 0 spiro atoms. The van der Waals surface area contributed by atoms with Crippen LogP contribution >= 0.6 is 27.7 Å². The molecule has 1 saturated heterocycles. The Hall–Kier alpha value is -2.73. The Morgan fingerprint density at radius 3 is 2.94 bits per heavy atom. The summed E-state index contributed by atoms with van der Waals surface area (Å²) >= 11 is 5.08. The lowest BCUT2D eigenvalue weighted by atomic mass is 9.95. The highest BCUT2D eigenvalue weighted by atomic mass is 79.9. The van der Waals surface area contributed by atoms with E-state index in [0.29, 0.717) is 48.1 Å². The van der Waals surface area contributed by atoms with Crippen molar-refractivity contribution in [2.75, 3.05) is 25.6 Å². The van der Waals surface area contributed by atoms with Gasteiger partial charge in [0.1, 0.15) is 6.33 Å². The van der Waals surface area contributed by atoms with Gasteiger partial charge in [0, 0.05) is 29.0 Å². The normalized spacial score (nSPS) is 17.8. The number of fused-ring (bicyclic) bond motifs is 2. The molecule has 2 aliphatic heterocycles. The standard InChI is InChI=1S/C20H21BrN6O4S/c21-12-6-13-14(31-10-30-13)7-15(12)32-19-25-16-17(22)23-9-24-18(16)27(19)5-3-11-2-1-4-26(8-11)20(28)29/h6-7,9,11H,1-5,8,10H2,(H,28,29)(H2,22,23,24)/t11-/m0/s1. The van der Waals surface area contributed by atoms with Crippen molar-refractivity contribution in [3.8, 4) is 11.5 Å². The number of imidazole rings is 1. The van der Waals surface area contributed by atoms with E-state index in [2.05, 4.69) is 25.9 Å². The van der Waals surface area contributed by atoms with Crippen LogP contribution in [0.5, 0.6) is 11.5 Å². The average Bonchev–Trinajstić information content (AvgIpc) is 3.37. The van der Waals surface area contributed by atoms with E-state index in [1.807, 2.05) is 16.7 Å². The largest absolute Gasteiger partial charge is 0.465 e. The Kier molecular flexibility index (Phi) is 5.72. The fourth-order valence-corrected chi connectivity index (χ4v) is 5.58. The topological polar surface area (TPSA) is 129 Å². The molecule has 4 heterocycles. The maximum absolute atomic E-state index is 11.4. The molecule has 5 rings (SSSR count). The molecule has 3 N–H and O–H groups in total. The van der Waals surface area contributed by atoms with E-state index in [9.17, 15) is 9.90 Å². The van der Waals surface area contributed by atoms with Crippen molar-refractivity contribution in [1.29, 1.82) is 0 Å². The fraction of sp³-hybridized carbons (Fsp3) is 0.400. The molecular formula is C20H21BrN6O4S. The van der Waals surface area contributed by atoms with E-state index < -0.39 is 6.09 Å². The van der Waals surface area contributed by atoms with E-state index in [1.165, 1.54) is 23.0 Å². The summed E-state index contributed by atoms with van der Waals surface area (Å²) < 4.78 is 13.9. The molecule has 1 amide bonds. The van der Waals surface area contributed by atoms with Gasteiger partial charge in [0.15, 0.2) is 33.6 Å². The molecule has 0 saturated carbocycles. The van der Waals surface area contributed by atoms with Gasteiger partial charge in [-0.25, -0.2) is 19.7 Å².